The van der Waals surface area contributed by atoms with Crippen LogP contribution in [-0.2, 0) is 13.2 Å². The Kier molecular flexibility index (Phi) is 6.07. The van der Waals surface area contributed by atoms with Gasteiger partial charge in [-0.2, -0.15) is 17.9 Å². The average Bonchev–Trinajstić information content (AvgIpc) is 3.09. The number of alkyl halides is 3. The van der Waals surface area contributed by atoms with Crippen LogP contribution in [0.3, 0.4) is 0 Å². The maximum atomic E-state index is 13.0. The lowest BCUT2D eigenvalue weighted by molar-refractivity contribution is -0.137. The second kappa shape index (κ2) is 8.82. The molecular weight excluding hydrogens is 451 g/mol. The van der Waals surface area contributed by atoms with Crippen molar-refractivity contribution in [3.63, 3.8) is 0 Å². The van der Waals surface area contributed by atoms with E-state index in [1.165, 1.54) is 28.5 Å². The molecule has 0 aliphatic heterocycles. The molecule has 9 heteroatoms. The molecule has 0 bridgehead atoms. The minimum atomic E-state index is -4.46. The average molecular weight is 472 g/mol. The molecule has 170 valence electrons. The molecule has 0 aliphatic carbocycles. The number of phenolic OH excluding ortho intramolecular Hbond substituents is 1. The van der Waals surface area contributed by atoms with E-state index in [4.69, 9.17) is 0 Å². The van der Waals surface area contributed by atoms with Gasteiger partial charge in [0.15, 0.2) is 5.82 Å². The van der Waals surface area contributed by atoms with E-state index in [-0.39, 0.29) is 16.7 Å². The summed E-state index contributed by atoms with van der Waals surface area (Å²) in [7, 11) is 1.59. The summed E-state index contributed by atoms with van der Waals surface area (Å²) >= 11 is 1.46. The zero-order valence-corrected chi connectivity index (χ0v) is 18.6. The molecule has 4 rings (SSSR count). The summed E-state index contributed by atoms with van der Waals surface area (Å²) in [6.07, 6.45) is -4.46. The summed E-state index contributed by atoms with van der Waals surface area (Å²) in [5.74, 6) is 0.636. The number of hydrogen-bond donors (Lipinski definition) is 1. The Hall–Kier alpha value is -3.46. The zero-order valence-electron chi connectivity index (χ0n) is 17.7. The van der Waals surface area contributed by atoms with Gasteiger partial charge >= 0.3 is 11.9 Å². The van der Waals surface area contributed by atoms with Crippen LogP contribution in [0.1, 0.15) is 27.8 Å². The van der Waals surface area contributed by atoms with Crippen LogP contribution in [0.4, 0.5) is 13.2 Å². The molecule has 0 saturated heterocycles. The minimum Gasteiger partial charge on any atom is -0.508 e. The van der Waals surface area contributed by atoms with Crippen molar-refractivity contribution < 1.29 is 18.3 Å². The van der Waals surface area contributed by atoms with Gasteiger partial charge in [0.05, 0.1) is 16.5 Å². The van der Waals surface area contributed by atoms with Crippen molar-refractivity contribution in [2.45, 2.75) is 23.2 Å². The highest BCUT2D eigenvalue weighted by molar-refractivity contribution is 7.99. The highest BCUT2D eigenvalue weighted by atomic mass is 32.2. The lowest BCUT2D eigenvalue weighted by atomic mass is 10.1. The molecular formula is C24H20F3N3O2S. The molecule has 4 aromatic rings. The van der Waals surface area contributed by atoms with Gasteiger partial charge in [0, 0.05) is 11.9 Å². The summed E-state index contributed by atoms with van der Waals surface area (Å²) < 4.78 is 41.3. The second-order valence-electron chi connectivity index (χ2n) is 7.51. The van der Waals surface area contributed by atoms with Gasteiger partial charge in [-0.1, -0.05) is 30.3 Å². The number of phenols is 1. The van der Waals surface area contributed by atoms with Gasteiger partial charge in [-0.15, -0.1) is 16.9 Å². The Balaban J connectivity index is 1.78. The number of hydrogen-bond acceptors (Lipinski definition) is 4. The predicted octanol–water partition coefficient (Wildman–Crippen LogP) is 5.49. The minimum absolute atomic E-state index is 0.189. The van der Waals surface area contributed by atoms with Gasteiger partial charge in [0.1, 0.15) is 5.75 Å². The number of thioether (sulfide) groups is 1. The summed E-state index contributed by atoms with van der Waals surface area (Å²) in [4.78, 5) is 13.8. The number of benzene rings is 3. The second-order valence-corrected chi connectivity index (χ2v) is 8.69. The quantitative estimate of drug-likeness (QED) is 0.391. The van der Waals surface area contributed by atoms with E-state index in [2.05, 4.69) is 5.10 Å². The maximum Gasteiger partial charge on any atom is 0.416 e. The number of aryl methyl sites for hydroxylation is 1. The van der Waals surface area contributed by atoms with Crippen molar-refractivity contribution in [1.82, 2.24) is 14.3 Å². The van der Waals surface area contributed by atoms with E-state index in [1.54, 1.807) is 26.1 Å². The van der Waals surface area contributed by atoms with E-state index in [0.29, 0.717) is 5.82 Å². The third-order valence-electron chi connectivity index (χ3n) is 5.21. The van der Waals surface area contributed by atoms with Gasteiger partial charge in [-0.25, -0.2) is 4.79 Å². The highest BCUT2D eigenvalue weighted by Crippen LogP contribution is 2.40. The van der Waals surface area contributed by atoms with Gasteiger partial charge < -0.3 is 5.11 Å². The summed E-state index contributed by atoms with van der Waals surface area (Å²) in [5.41, 5.74) is 0.605. The fourth-order valence-corrected chi connectivity index (χ4v) is 4.64. The molecule has 1 heterocycles. The largest absolute Gasteiger partial charge is 0.508 e. The summed E-state index contributed by atoms with van der Waals surface area (Å²) in [6, 6.07) is 19.1. The van der Waals surface area contributed by atoms with E-state index in [1.807, 2.05) is 36.4 Å². The van der Waals surface area contributed by atoms with E-state index in [0.717, 1.165) is 32.8 Å². The molecule has 3 aromatic carbocycles. The van der Waals surface area contributed by atoms with Crippen LogP contribution in [0.15, 0.2) is 82.5 Å². The van der Waals surface area contributed by atoms with Crippen LogP contribution in [0, 0.1) is 6.92 Å². The number of aromatic hydroxyl groups is 1. The van der Waals surface area contributed by atoms with Crippen LogP contribution < -0.4 is 5.69 Å². The SMILES string of the molecule is Cc1cc(SC(c2ccccc2)c2nn(-c3ccc(C(F)(F)F)cc3)c(=O)n2C)ccc1O. The Morgan fingerprint density at radius 1 is 1.00 bits per heavy atom. The highest BCUT2D eigenvalue weighted by Gasteiger charge is 2.30. The normalized spacial score (nSPS) is 12.6. The Bertz CT molecular complexity index is 1330. The third kappa shape index (κ3) is 4.68. The molecule has 1 N–H and O–H groups in total. The number of halogens is 3. The first-order chi connectivity index (χ1) is 15.6. The monoisotopic (exact) mass is 471 g/mol. The van der Waals surface area contributed by atoms with Crippen molar-refractivity contribution >= 4 is 11.8 Å². The molecule has 0 aliphatic rings. The van der Waals surface area contributed by atoms with Crippen LogP contribution in [-0.4, -0.2) is 19.5 Å². The summed E-state index contributed by atoms with van der Waals surface area (Å²) in [5, 5.41) is 14.0. The molecule has 0 radical (unpaired) electrons. The summed E-state index contributed by atoms with van der Waals surface area (Å²) in [6.45, 7) is 1.80. The molecule has 1 aromatic heterocycles. The Morgan fingerprint density at radius 3 is 2.27 bits per heavy atom. The standard InChI is InChI=1S/C24H20F3N3O2S/c1-15-14-19(12-13-20(15)31)33-21(16-6-4-3-5-7-16)22-28-30(23(32)29(22)2)18-10-8-17(9-11-18)24(25,26)27/h3-14,21,31H,1-2H3. The first kappa shape index (κ1) is 22.7. The molecule has 0 saturated carbocycles. The fourth-order valence-electron chi connectivity index (χ4n) is 3.38. The van der Waals surface area contributed by atoms with E-state index >= 15 is 0 Å². The van der Waals surface area contributed by atoms with Crippen LogP contribution in [0.2, 0.25) is 0 Å². The molecule has 5 nitrogen and oxygen atoms in total. The topological polar surface area (TPSA) is 60.0 Å². The van der Waals surface area contributed by atoms with E-state index < -0.39 is 17.4 Å². The van der Waals surface area contributed by atoms with Crippen LogP contribution >= 0.6 is 11.8 Å². The first-order valence-corrected chi connectivity index (χ1v) is 10.9. The lowest BCUT2D eigenvalue weighted by Crippen LogP contribution is -2.22. The van der Waals surface area contributed by atoms with Crippen LogP contribution in [0.5, 0.6) is 5.75 Å². The first-order valence-electron chi connectivity index (χ1n) is 10.00. The Morgan fingerprint density at radius 2 is 1.67 bits per heavy atom. The van der Waals surface area contributed by atoms with Gasteiger partial charge in [-0.05, 0) is 60.5 Å². The van der Waals surface area contributed by atoms with Gasteiger partial charge in [0.25, 0.3) is 0 Å². The molecule has 33 heavy (non-hydrogen) atoms. The zero-order chi connectivity index (χ0) is 23.8. The smallest absolute Gasteiger partial charge is 0.416 e. The van der Waals surface area contributed by atoms with Gasteiger partial charge in [0.2, 0.25) is 0 Å². The van der Waals surface area contributed by atoms with E-state index in [9.17, 15) is 23.1 Å². The number of rotatable bonds is 5. The maximum absolute atomic E-state index is 13.0. The Labute approximate surface area is 192 Å². The van der Waals surface area contributed by atoms with Crippen molar-refractivity contribution in [1.29, 1.82) is 0 Å². The van der Waals surface area contributed by atoms with Crippen LogP contribution in [0.25, 0.3) is 5.69 Å². The number of aromatic nitrogens is 3. The number of nitrogens with zero attached hydrogens (tertiary/aromatic N) is 3. The molecule has 1 atom stereocenters. The lowest BCUT2D eigenvalue weighted by Gasteiger charge is -2.16. The molecule has 1 unspecified atom stereocenters. The van der Waals surface area contributed by atoms with Crippen molar-refractivity contribution in [2.75, 3.05) is 0 Å². The van der Waals surface area contributed by atoms with Crippen molar-refractivity contribution in [2.24, 2.45) is 7.05 Å². The van der Waals surface area contributed by atoms with Crippen molar-refractivity contribution in [3.05, 3.63) is 106 Å². The predicted molar refractivity (Wildman–Crippen MR) is 121 cm³/mol. The van der Waals surface area contributed by atoms with Crippen molar-refractivity contribution in [3.8, 4) is 11.4 Å². The fraction of sp³-hybridized carbons (Fsp3) is 0.167. The molecule has 0 amide bonds. The molecule has 0 fully saturated rings. The molecule has 0 spiro atoms. The van der Waals surface area contributed by atoms with Gasteiger partial charge in [-0.3, -0.25) is 4.57 Å². The third-order valence-corrected chi connectivity index (χ3v) is 6.46.